The second-order valence-corrected chi connectivity index (χ2v) is 4.57. The zero-order chi connectivity index (χ0) is 12.3. The van der Waals surface area contributed by atoms with Gasteiger partial charge in [0.2, 0.25) is 0 Å². The van der Waals surface area contributed by atoms with Crippen molar-refractivity contribution in [1.29, 1.82) is 0 Å². The molecule has 1 aromatic carbocycles. The highest BCUT2D eigenvalue weighted by atomic mass is 35.5. The van der Waals surface area contributed by atoms with Crippen molar-refractivity contribution in [2.45, 2.75) is 19.3 Å². The third kappa shape index (κ3) is 3.00. The van der Waals surface area contributed by atoms with Crippen molar-refractivity contribution in [2.75, 3.05) is 0 Å². The molecule has 0 aliphatic rings. The van der Waals surface area contributed by atoms with Crippen molar-refractivity contribution in [2.24, 2.45) is 5.73 Å². The molecule has 16 heavy (non-hydrogen) atoms. The lowest BCUT2D eigenvalue weighted by molar-refractivity contribution is -0.132. The summed E-state index contributed by atoms with van der Waals surface area (Å²) in [6.07, 6.45) is 1.51. The van der Waals surface area contributed by atoms with Crippen molar-refractivity contribution in [3.05, 3.63) is 46.6 Å². The number of allylic oxidation sites excluding steroid dienone is 1. The molecule has 0 unspecified atom stereocenters. The van der Waals surface area contributed by atoms with Gasteiger partial charge in [-0.15, -0.1) is 0 Å². The van der Waals surface area contributed by atoms with Crippen molar-refractivity contribution in [3.8, 4) is 0 Å². The lowest BCUT2D eigenvalue weighted by atomic mass is 9.84. The second kappa shape index (κ2) is 4.58. The van der Waals surface area contributed by atoms with E-state index >= 15 is 0 Å². The van der Waals surface area contributed by atoms with Crippen LogP contribution in [0.1, 0.15) is 19.4 Å². The molecule has 0 fully saturated rings. The van der Waals surface area contributed by atoms with E-state index in [0.717, 1.165) is 5.56 Å². The third-order valence-corrected chi connectivity index (χ3v) is 2.57. The summed E-state index contributed by atoms with van der Waals surface area (Å²) in [5, 5.41) is 9.35. The Morgan fingerprint density at radius 2 is 2.12 bits per heavy atom. The minimum absolute atomic E-state index is 0.162. The Bertz CT molecular complexity index is 438. The van der Waals surface area contributed by atoms with Gasteiger partial charge in [-0.1, -0.05) is 37.6 Å². The largest absolute Gasteiger partial charge is 0.477 e. The molecule has 0 aliphatic carbocycles. The van der Waals surface area contributed by atoms with Crippen LogP contribution in [0.25, 0.3) is 0 Å². The second-order valence-electron chi connectivity index (χ2n) is 4.14. The van der Waals surface area contributed by atoms with E-state index in [1.807, 2.05) is 26.0 Å². The molecule has 0 saturated heterocycles. The molecular formula is C12H14ClNO2. The molecule has 1 aromatic rings. The Kier molecular flexibility index (Phi) is 3.60. The first-order valence-electron chi connectivity index (χ1n) is 4.80. The SMILES string of the molecule is CC(C)(C=C(N)C(=O)O)c1cccc(Cl)c1. The Hall–Kier alpha value is -1.48. The average Bonchev–Trinajstić information content (AvgIpc) is 2.17. The van der Waals surface area contributed by atoms with E-state index in [2.05, 4.69) is 0 Å². The Labute approximate surface area is 99.5 Å². The summed E-state index contributed by atoms with van der Waals surface area (Å²) in [7, 11) is 0. The van der Waals surface area contributed by atoms with Gasteiger partial charge in [0.15, 0.2) is 0 Å². The Morgan fingerprint density at radius 1 is 1.50 bits per heavy atom. The van der Waals surface area contributed by atoms with E-state index in [0.29, 0.717) is 5.02 Å². The summed E-state index contributed by atoms with van der Waals surface area (Å²) in [4.78, 5) is 10.7. The number of hydrogen-bond acceptors (Lipinski definition) is 2. The van der Waals surface area contributed by atoms with Crippen molar-refractivity contribution >= 4 is 17.6 Å². The van der Waals surface area contributed by atoms with Gasteiger partial charge in [0.25, 0.3) is 0 Å². The van der Waals surface area contributed by atoms with Gasteiger partial charge in [0.1, 0.15) is 5.70 Å². The van der Waals surface area contributed by atoms with E-state index in [1.54, 1.807) is 12.1 Å². The molecule has 1 rings (SSSR count). The molecule has 0 amide bonds. The number of rotatable bonds is 3. The fraction of sp³-hybridized carbons (Fsp3) is 0.250. The van der Waals surface area contributed by atoms with Gasteiger partial charge >= 0.3 is 5.97 Å². The first-order chi connectivity index (χ1) is 7.33. The lowest BCUT2D eigenvalue weighted by Crippen LogP contribution is -2.20. The van der Waals surface area contributed by atoms with Crippen molar-refractivity contribution in [3.63, 3.8) is 0 Å². The molecular weight excluding hydrogens is 226 g/mol. The van der Waals surface area contributed by atoms with Crippen LogP contribution in [0.15, 0.2) is 36.0 Å². The van der Waals surface area contributed by atoms with Crippen LogP contribution in [0.5, 0.6) is 0 Å². The predicted molar refractivity (Wildman–Crippen MR) is 64.4 cm³/mol. The van der Waals surface area contributed by atoms with Crippen LogP contribution in [-0.2, 0) is 10.2 Å². The fourth-order valence-corrected chi connectivity index (χ4v) is 1.61. The van der Waals surface area contributed by atoms with Crippen LogP contribution in [0.2, 0.25) is 5.02 Å². The van der Waals surface area contributed by atoms with Crippen LogP contribution in [0, 0.1) is 0 Å². The van der Waals surface area contributed by atoms with Gasteiger partial charge < -0.3 is 10.8 Å². The summed E-state index contributed by atoms with van der Waals surface area (Å²) in [5.41, 5.74) is 5.70. The van der Waals surface area contributed by atoms with Gasteiger partial charge in [-0.2, -0.15) is 0 Å². The number of carboxylic acid groups (broad SMARTS) is 1. The van der Waals surface area contributed by atoms with Crippen LogP contribution < -0.4 is 5.73 Å². The minimum atomic E-state index is -1.12. The minimum Gasteiger partial charge on any atom is -0.477 e. The fourth-order valence-electron chi connectivity index (χ4n) is 1.42. The number of halogens is 1. The highest BCUT2D eigenvalue weighted by Gasteiger charge is 2.20. The van der Waals surface area contributed by atoms with Crippen molar-refractivity contribution in [1.82, 2.24) is 0 Å². The van der Waals surface area contributed by atoms with Gasteiger partial charge in [-0.25, -0.2) is 4.79 Å². The summed E-state index contributed by atoms with van der Waals surface area (Å²) in [5.74, 6) is -1.12. The number of nitrogens with two attached hydrogens (primary N) is 1. The first-order valence-corrected chi connectivity index (χ1v) is 5.18. The summed E-state index contributed by atoms with van der Waals surface area (Å²) in [6, 6.07) is 7.28. The molecule has 0 radical (unpaired) electrons. The quantitative estimate of drug-likeness (QED) is 0.797. The maximum Gasteiger partial charge on any atom is 0.351 e. The summed E-state index contributed by atoms with van der Waals surface area (Å²) in [6.45, 7) is 3.77. The van der Waals surface area contributed by atoms with Gasteiger partial charge in [0, 0.05) is 10.4 Å². The predicted octanol–water partition coefficient (Wildman–Crippen LogP) is 2.54. The first kappa shape index (κ1) is 12.6. The van der Waals surface area contributed by atoms with Crippen molar-refractivity contribution < 1.29 is 9.90 Å². The molecule has 86 valence electrons. The topological polar surface area (TPSA) is 63.3 Å². The molecule has 0 atom stereocenters. The number of carbonyl (C=O) groups is 1. The Morgan fingerprint density at radius 3 is 2.62 bits per heavy atom. The van der Waals surface area contributed by atoms with Gasteiger partial charge in [-0.3, -0.25) is 0 Å². The summed E-state index contributed by atoms with van der Waals surface area (Å²) < 4.78 is 0. The number of hydrogen-bond donors (Lipinski definition) is 2. The number of carboxylic acids is 1. The van der Waals surface area contributed by atoms with Crippen LogP contribution in [0.3, 0.4) is 0 Å². The standard InChI is InChI=1S/C12H14ClNO2/c1-12(2,7-10(14)11(15)16)8-4-3-5-9(13)6-8/h3-7H,14H2,1-2H3,(H,15,16). The maximum atomic E-state index is 10.7. The number of benzene rings is 1. The number of aliphatic carboxylic acids is 1. The molecule has 0 saturated carbocycles. The maximum absolute atomic E-state index is 10.7. The van der Waals surface area contributed by atoms with Gasteiger partial charge in [-0.05, 0) is 23.8 Å². The summed E-state index contributed by atoms with van der Waals surface area (Å²) >= 11 is 5.88. The zero-order valence-corrected chi connectivity index (χ0v) is 9.95. The van der Waals surface area contributed by atoms with E-state index in [4.69, 9.17) is 22.4 Å². The van der Waals surface area contributed by atoms with E-state index in [1.165, 1.54) is 6.08 Å². The molecule has 0 bridgehead atoms. The molecule has 0 aliphatic heterocycles. The highest BCUT2D eigenvalue weighted by Crippen LogP contribution is 2.27. The van der Waals surface area contributed by atoms with E-state index < -0.39 is 11.4 Å². The molecule has 4 heteroatoms. The molecule has 3 N–H and O–H groups in total. The third-order valence-electron chi connectivity index (χ3n) is 2.33. The zero-order valence-electron chi connectivity index (χ0n) is 9.20. The van der Waals surface area contributed by atoms with Gasteiger partial charge in [0.05, 0.1) is 0 Å². The molecule has 0 aromatic heterocycles. The van der Waals surface area contributed by atoms with Crippen LogP contribution >= 0.6 is 11.6 Å². The molecule has 0 heterocycles. The monoisotopic (exact) mass is 239 g/mol. The normalized spacial score (nSPS) is 12.6. The lowest BCUT2D eigenvalue weighted by Gasteiger charge is -2.21. The van der Waals surface area contributed by atoms with Crippen LogP contribution in [-0.4, -0.2) is 11.1 Å². The smallest absolute Gasteiger partial charge is 0.351 e. The highest BCUT2D eigenvalue weighted by molar-refractivity contribution is 6.30. The average molecular weight is 240 g/mol. The van der Waals surface area contributed by atoms with Crippen LogP contribution in [0.4, 0.5) is 0 Å². The molecule has 3 nitrogen and oxygen atoms in total. The van der Waals surface area contributed by atoms with E-state index in [9.17, 15) is 4.79 Å². The Balaban J connectivity index is 3.11. The van der Waals surface area contributed by atoms with E-state index in [-0.39, 0.29) is 5.70 Å². The molecule has 0 spiro atoms.